The molecule has 3 aromatic carbocycles. The number of carbonyl (C=O) groups excluding carboxylic acids is 2. The molecule has 4 aliphatic rings. The molecule has 2 atom stereocenters. The van der Waals surface area contributed by atoms with Crippen LogP contribution in [0.3, 0.4) is 0 Å². The van der Waals surface area contributed by atoms with E-state index in [2.05, 4.69) is 0 Å². The lowest BCUT2D eigenvalue weighted by Gasteiger charge is -2.50. The van der Waals surface area contributed by atoms with Crippen molar-refractivity contribution in [2.75, 3.05) is 4.90 Å². The first-order valence-electron chi connectivity index (χ1n) is 9.54. The summed E-state index contributed by atoms with van der Waals surface area (Å²) in [7, 11) is 0. The lowest BCUT2D eigenvalue weighted by molar-refractivity contribution is -0.122. The van der Waals surface area contributed by atoms with E-state index < -0.39 is 22.5 Å². The Bertz CT molecular complexity index is 1160. The molecule has 0 N–H and O–H groups in total. The van der Waals surface area contributed by atoms with Gasteiger partial charge in [-0.05, 0) is 46.5 Å². The van der Waals surface area contributed by atoms with E-state index in [1.807, 2.05) is 48.5 Å². The van der Waals surface area contributed by atoms with Gasteiger partial charge in [0.2, 0.25) is 11.8 Å². The maximum atomic E-state index is 13.6. The summed E-state index contributed by atoms with van der Waals surface area (Å²) in [5.74, 6) is -2.51. The molecular weight excluding hydrogens is 389 g/mol. The minimum Gasteiger partial charge on any atom is -0.274 e. The van der Waals surface area contributed by atoms with Crippen LogP contribution in [0, 0.1) is 17.7 Å². The molecule has 2 bridgehead atoms. The highest BCUT2D eigenvalue weighted by Gasteiger charge is 2.67. The van der Waals surface area contributed by atoms with E-state index in [0.29, 0.717) is 5.69 Å². The van der Waals surface area contributed by atoms with Gasteiger partial charge in [-0.25, -0.2) is 9.29 Å². The Morgan fingerprint density at radius 3 is 1.93 bits per heavy atom. The first kappa shape index (κ1) is 16.9. The zero-order chi connectivity index (χ0) is 19.9. The van der Waals surface area contributed by atoms with E-state index in [1.54, 1.807) is 0 Å². The summed E-state index contributed by atoms with van der Waals surface area (Å²) < 4.78 is 13.4. The second-order valence-electron chi connectivity index (χ2n) is 7.86. The molecule has 3 aromatic rings. The van der Waals surface area contributed by atoms with E-state index in [-0.39, 0.29) is 17.7 Å². The molecule has 0 spiro atoms. The van der Waals surface area contributed by atoms with Gasteiger partial charge in [-0.15, -0.1) is 11.6 Å². The van der Waals surface area contributed by atoms with Gasteiger partial charge in [-0.2, -0.15) is 0 Å². The predicted molar refractivity (Wildman–Crippen MR) is 107 cm³/mol. The summed E-state index contributed by atoms with van der Waals surface area (Å²) in [4.78, 5) is 27.2. The standard InChI is InChI=1S/C24H15ClFNO2/c25-24-17-7-3-1-5-15(17)19(16-6-2-4-8-18(16)24)20-21(24)23(29)27(22(20)28)14-11-9-13(26)10-12-14/h1-12,19-21H/t19?,20-,21+,24?/m1/s1. The molecule has 3 aliphatic carbocycles. The Labute approximate surface area is 171 Å². The lowest BCUT2D eigenvalue weighted by atomic mass is 9.54. The fourth-order valence-corrected chi connectivity index (χ4v) is 6.10. The molecule has 29 heavy (non-hydrogen) atoms. The maximum Gasteiger partial charge on any atom is 0.240 e. The zero-order valence-corrected chi connectivity index (χ0v) is 15.9. The minimum atomic E-state index is -1.10. The highest BCUT2D eigenvalue weighted by Crippen LogP contribution is 2.65. The third-order valence-corrected chi connectivity index (χ3v) is 7.24. The molecule has 1 heterocycles. The molecule has 0 radical (unpaired) electrons. The van der Waals surface area contributed by atoms with Crippen molar-refractivity contribution in [1.29, 1.82) is 0 Å². The van der Waals surface area contributed by atoms with Crippen LogP contribution in [0.1, 0.15) is 28.2 Å². The number of hydrogen-bond donors (Lipinski definition) is 0. The molecule has 0 aromatic heterocycles. The van der Waals surface area contributed by atoms with Crippen LogP contribution in [-0.4, -0.2) is 11.8 Å². The quantitative estimate of drug-likeness (QED) is 0.441. The summed E-state index contributed by atoms with van der Waals surface area (Å²) in [6.07, 6.45) is 0. The number of carbonyl (C=O) groups is 2. The van der Waals surface area contributed by atoms with E-state index in [9.17, 15) is 14.0 Å². The summed E-state index contributed by atoms with van der Waals surface area (Å²) in [6, 6.07) is 21.1. The molecule has 1 fully saturated rings. The van der Waals surface area contributed by atoms with Crippen LogP contribution in [0.4, 0.5) is 10.1 Å². The molecule has 5 heteroatoms. The van der Waals surface area contributed by atoms with Gasteiger partial charge in [0.15, 0.2) is 0 Å². The van der Waals surface area contributed by atoms with E-state index in [4.69, 9.17) is 11.6 Å². The molecule has 3 nitrogen and oxygen atoms in total. The van der Waals surface area contributed by atoms with Crippen LogP contribution in [0.5, 0.6) is 0 Å². The van der Waals surface area contributed by atoms with Crippen LogP contribution < -0.4 is 4.90 Å². The van der Waals surface area contributed by atoms with E-state index in [1.165, 1.54) is 29.2 Å². The summed E-state index contributed by atoms with van der Waals surface area (Å²) in [5.41, 5.74) is 4.18. The number of amides is 2. The van der Waals surface area contributed by atoms with Crippen molar-refractivity contribution in [2.45, 2.75) is 10.8 Å². The van der Waals surface area contributed by atoms with Gasteiger partial charge in [0.05, 0.1) is 17.5 Å². The first-order valence-corrected chi connectivity index (χ1v) is 9.92. The fourth-order valence-electron chi connectivity index (χ4n) is 5.52. The SMILES string of the molecule is O=C1[C@@H]2C3c4ccccc4C(Cl)(c4ccccc43)[C@@H]2C(=O)N1c1ccc(F)cc1. The Morgan fingerprint density at radius 2 is 1.34 bits per heavy atom. The number of imide groups is 1. The predicted octanol–water partition coefficient (Wildman–Crippen LogP) is 4.57. The molecule has 1 saturated heterocycles. The highest BCUT2D eigenvalue weighted by atomic mass is 35.5. The van der Waals surface area contributed by atoms with Crippen LogP contribution >= 0.6 is 11.6 Å². The maximum absolute atomic E-state index is 13.6. The van der Waals surface area contributed by atoms with E-state index in [0.717, 1.165) is 22.3 Å². The Hall–Kier alpha value is -2.98. The van der Waals surface area contributed by atoms with Crippen molar-refractivity contribution in [1.82, 2.24) is 0 Å². The first-order chi connectivity index (χ1) is 14.0. The Kier molecular flexibility index (Phi) is 3.24. The Balaban J connectivity index is 1.61. The van der Waals surface area contributed by atoms with Gasteiger partial charge in [0.25, 0.3) is 0 Å². The summed E-state index contributed by atoms with van der Waals surface area (Å²) >= 11 is 7.34. The van der Waals surface area contributed by atoms with Crippen LogP contribution in [0.2, 0.25) is 0 Å². The van der Waals surface area contributed by atoms with Gasteiger partial charge in [0, 0.05) is 5.92 Å². The topological polar surface area (TPSA) is 37.4 Å². The van der Waals surface area contributed by atoms with Gasteiger partial charge in [0.1, 0.15) is 10.7 Å². The number of alkyl halides is 1. The largest absolute Gasteiger partial charge is 0.274 e. The number of rotatable bonds is 1. The normalized spacial score (nSPS) is 28.9. The van der Waals surface area contributed by atoms with E-state index >= 15 is 0 Å². The van der Waals surface area contributed by atoms with Crippen molar-refractivity contribution >= 4 is 29.1 Å². The fraction of sp³-hybridized carbons (Fsp3) is 0.167. The van der Waals surface area contributed by atoms with Crippen LogP contribution in [0.25, 0.3) is 0 Å². The molecular formula is C24H15ClFNO2. The van der Waals surface area contributed by atoms with Gasteiger partial charge >= 0.3 is 0 Å². The number of nitrogens with zero attached hydrogens (tertiary/aromatic N) is 1. The van der Waals surface area contributed by atoms with Crippen molar-refractivity contribution in [2.24, 2.45) is 11.8 Å². The monoisotopic (exact) mass is 403 g/mol. The van der Waals surface area contributed by atoms with Crippen LogP contribution in [0.15, 0.2) is 72.8 Å². The van der Waals surface area contributed by atoms with Crippen molar-refractivity contribution < 1.29 is 14.0 Å². The molecule has 0 unspecified atom stereocenters. The second-order valence-corrected chi connectivity index (χ2v) is 8.45. The van der Waals surface area contributed by atoms with Crippen LogP contribution in [-0.2, 0) is 14.5 Å². The minimum absolute atomic E-state index is 0.227. The molecule has 1 aliphatic heterocycles. The lowest BCUT2D eigenvalue weighted by Crippen LogP contribution is -2.50. The second kappa shape index (κ2) is 5.55. The average molecular weight is 404 g/mol. The number of halogens is 2. The number of hydrogen-bond acceptors (Lipinski definition) is 2. The third kappa shape index (κ3) is 1.92. The number of anilines is 1. The highest BCUT2D eigenvalue weighted by molar-refractivity contribution is 6.33. The van der Waals surface area contributed by atoms with Gasteiger partial charge in [-0.1, -0.05) is 48.5 Å². The smallest absolute Gasteiger partial charge is 0.240 e. The van der Waals surface area contributed by atoms with Crippen molar-refractivity contribution in [3.05, 3.63) is 101 Å². The van der Waals surface area contributed by atoms with Gasteiger partial charge < -0.3 is 0 Å². The number of benzene rings is 3. The average Bonchev–Trinajstić information content (AvgIpc) is 3.01. The van der Waals surface area contributed by atoms with Crippen molar-refractivity contribution in [3.63, 3.8) is 0 Å². The molecule has 2 amide bonds. The third-order valence-electron chi connectivity index (χ3n) is 6.60. The Morgan fingerprint density at radius 1 is 0.793 bits per heavy atom. The zero-order valence-electron chi connectivity index (χ0n) is 15.2. The summed E-state index contributed by atoms with van der Waals surface area (Å²) in [6.45, 7) is 0. The molecule has 142 valence electrons. The van der Waals surface area contributed by atoms with Crippen molar-refractivity contribution in [3.8, 4) is 0 Å². The summed E-state index contributed by atoms with van der Waals surface area (Å²) in [5, 5.41) is 0. The van der Waals surface area contributed by atoms with Gasteiger partial charge in [-0.3, -0.25) is 9.59 Å². The molecule has 7 rings (SSSR count). The molecule has 0 saturated carbocycles.